The lowest BCUT2D eigenvalue weighted by Gasteiger charge is -2.19. The maximum atomic E-state index is 12.6. The van der Waals surface area contributed by atoms with Crippen LogP contribution in [0, 0.1) is 0 Å². The zero-order valence-electron chi connectivity index (χ0n) is 13.3. The fourth-order valence-corrected chi connectivity index (χ4v) is 1.92. The summed E-state index contributed by atoms with van der Waals surface area (Å²) in [7, 11) is 3.21. The van der Waals surface area contributed by atoms with Gasteiger partial charge in [-0.15, -0.1) is 5.10 Å². The van der Waals surface area contributed by atoms with E-state index in [1.54, 1.807) is 44.4 Å². The summed E-state index contributed by atoms with van der Waals surface area (Å²) in [6.07, 6.45) is 1.32. The van der Waals surface area contributed by atoms with Gasteiger partial charge in [-0.1, -0.05) is 23.4 Å². The lowest BCUT2D eigenvalue weighted by atomic mass is 10.2. The van der Waals surface area contributed by atoms with Gasteiger partial charge in [0, 0.05) is 19.8 Å². The second-order valence-corrected chi connectivity index (χ2v) is 5.21. The Labute approximate surface area is 138 Å². The van der Waals surface area contributed by atoms with Crippen LogP contribution >= 0.6 is 0 Å². The van der Waals surface area contributed by atoms with Crippen molar-refractivity contribution in [3.8, 4) is 0 Å². The fourth-order valence-electron chi connectivity index (χ4n) is 1.92. The summed E-state index contributed by atoms with van der Waals surface area (Å²) in [6, 6.07) is 8.41. The lowest BCUT2D eigenvalue weighted by molar-refractivity contribution is -0.135. The van der Waals surface area contributed by atoms with E-state index in [9.17, 15) is 14.4 Å². The Kier molecular flexibility index (Phi) is 5.25. The van der Waals surface area contributed by atoms with Crippen molar-refractivity contribution in [3.63, 3.8) is 0 Å². The van der Waals surface area contributed by atoms with Crippen LogP contribution in [-0.4, -0.2) is 63.4 Å². The summed E-state index contributed by atoms with van der Waals surface area (Å²) in [5.41, 5.74) is 0.399. The highest BCUT2D eigenvalue weighted by atomic mass is 16.4. The Hall–Kier alpha value is -3.23. The van der Waals surface area contributed by atoms with Crippen LogP contribution in [0.2, 0.25) is 0 Å². The molecule has 2 rings (SSSR count). The summed E-state index contributed by atoms with van der Waals surface area (Å²) in [5, 5.41) is 16.5. The Morgan fingerprint density at radius 1 is 1.17 bits per heavy atom. The molecule has 0 saturated carbocycles. The van der Waals surface area contributed by atoms with Crippen molar-refractivity contribution in [1.82, 2.24) is 19.9 Å². The molecule has 0 aliphatic heterocycles. The highest BCUT2D eigenvalue weighted by Crippen LogP contribution is 2.15. The minimum Gasteiger partial charge on any atom is -0.480 e. The van der Waals surface area contributed by atoms with Gasteiger partial charge in [0.15, 0.2) is 5.69 Å². The monoisotopic (exact) mass is 331 g/mol. The van der Waals surface area contributed by atoms with E-state index in [0.29, 0.717) is 5.69 Å². The third-order valence-corrected chi connectivity index (χ3v) is 3.16. The number of carbonyl (C=O) groups excluding carboxylic acids is 2. The first kappa shape index (κ1) is 17.1. The quantitative estimate of drug-likeness (QED) is 0.804. The number of para-hydroxylation sites is 1. The second-order valence-electron chi connectivity index (χ2n) is 5.21. The molecule has 1 N–H and O–H groups in total. The van der Waals surface area contributed by atoms with Crippen LogP contribution in [0.25, 0.3) is 0 Å². The first-order valence-electron chi connectivity index (χ1n) is 7.07. The van der Waals surface area contributed by atoms with Gasteiger partial charge >= 0.3 is 5.97 Å². The van der Waals surface area contributed by atoms with E-state index < -0.39 is 18.4 Å². The molecule has 2 amide bonds. The number of carboxylic acid groups (broad SMARTS) is 1. The van der Waals surface area contributed by atoms with Crippen LogP contribution in [0.3, 0.4) is 0 Å². The van der Waals surface area contributed by atoms with Crippen molar-refractivity contribution in [2.24, 2.45) is 0 Å². The van der Waals surface area contributed by atoms with Gasteiger partial charge in [0.05, 0.1) is 6.20 Å². The molecule has 0 saturated heterocycles. The molecule has 24 heavy (non-hydrogen) atoms. The number of amides is 2. The van der Waals surface area contributed by atoms with Crippen molar-refractivity contribution in [1.29, 1.82) is 0 Å². The van der Waals surface area contributed by atoms with Gasteiger partial charge in [0.1, 0.15) is 13.1 Å². The minimum absolute atomic E-state index is 0.0355. The molecule has 0 fully saturated rings. The van der Waals surface area contributed by atoms with Crippen molar-refractivity contribution in [2.45, 2.75) is 6.54 Å². The number of carboxylic acids is 1. The average molecular weight is 331 g/mol. The van der Waals surface area contributed by atoms with E-state index in [2.05, 4.69) is 10.3 Å². The third kappa shape index (κ3) is 4.15. The number of anilines is 1. The van der Waals surface area contributed by atoms with E-state index in [4.69, 9.17) is 5.11 Å². The molecular formula is C15H17N5O4. The van der Waals surface area contributed by atoms with Gasteiger partial charge in [0.25, 0.3) is 5.91 Å². The van der Waals surface area contributed by atoms with Gasteiger partial charge in [0.2, 0.25) is 5.91 Å². The molecule has 9 nitrogen and oxygen atoms in total. The number of rotatable bonds is 6. The standard InChI is InChI=1S/C15H17N5O4/c1-18(2)13(21)9-19-8-12(16-17-19)15(24)20(10-14(22)23)11-6-4-3-5-7-11/h3-8H,9-10H2,1-2H3,(H,22,23). The molecule has 0 radical (unpaired) electrons. The minimum atomic E-state index is -1.15. The van der Waals surface area contributed by atoms with Gasteiger partial charge < -0.3 is 10.0 Å². The molecule has 0 aliphatic rings. The van der Waals surface area contributed by atoms with Crippen molar-refractivity contribution >= 4 is 23.5 Å². The number of carbonyl (C=O) groups is 3. The molecule has 1 heterocycles. The average Bonchev–Trinajstić information content (AvgIpc) is 3.01. The summed E-state index contributed by atoms with van der Waals surface area (Å²) in [6.45, 7) is -0.566. The van der Waals surface area contributed by atoms with Crippen molar-refractivity contribution < 1.29 is 19.5 Å². The van der Waals surface area contributed by atoms with Gasteiger partial charge in [-0.3, -0.25) is 19.3 Å². The SMILES string of the molecule is CN(C)C(=O)Cn1cc(C(=O)N(CC(=O)O)c2ccccc2)nn1. The molecule has 0 aliphatic carbocycles. The molecule has 0 unspecified atom stereocenters. The smallest absolute Gasteiger partial charge is 0.323 e. The summed E-state index contributed by atoms with van der Waals surface area (Å²) in [5.74, 6) is -1.96. The Morgan fingerprint density at radius 3 is 2.42 bits per heavy atom. The molecule has 0 bridgehead atoms. The maximum Gasteiger partial charge on any atom is 0.323 e. The molecule has 1 aromatic carbocycles. The van der Waals surface area contributed by atoms with Gasteiger partial charge in [-0.25, -0.2) is 4.68 Å². The number of hydrogen-bond acceptors (Lipinski definition) is 5. The van der Waals surface area contributed by atoms with E-state index in [-0.39, 0.29) is 18.1 Å². The Balaban J connectivity index is 2.22. The van der Waals surface area contributed by atoms with Gasteiger partial charge in [-0.05, 0) is 12.1 Å². The van der Waals surface area contributed by atoms with E-state index in [1.807, 2.05) is 0 Å². The molecule has 1 aromatic heterocycles. The number of aliphatic carboxylic acids is 1. The van der Waals surface area contributed by atoms with Crippen LogP contribution in [-0.2, 0) is 16.1 Å². The molecule has 2 aromatic rings. The molecule has 126 valence electrons. The largest absolute Gasteiger partial charge is 0.480 e. The highest BCUT2D eigenvalue weighted by Gasteiger charge is 2.23. The Morgan fingerprint density at radius 2 is 1.83 bits per heavy atom. The zero-order valence-corrected chi connectivity index (χ0v) is 13.3. The molecule has 0 atom stereocenters. The third-order valence-electron chi connectivity index (χ3n) is 3.16. The van der Waals surface area contributed by atoms with Crippen LogP contribution in [0.4, 0.5) is 5.69 Å². The number of aromatic nitrogens is 3. The predicted molar refractivity (Wildman–Crippen MR) is 84.5 cm³/mol. The highest BCUT2D eigenvalue weighted by molar-refractivity contribution is 6.06. The van der Waals surface area contributed by atoms with E-state index >= 15 is 0 Å². The molecule has 0 spiro atoms. The molecular weight excluding hydrogens is 314 g/mol. The first-order valence-corrected chi connectivity index (χ1v) is 7.07. The summed E-state index contributed by atoms with van der Waals surface area (Å²) >= 11 is 0. The Bertz CT molecular complexity index is 741. The van der Waals surface area contributed by atoms with Gasteiger partial charge in [-0.2, -0.15) is 0 Å². The van der Waals surface area contributed by atoms with Crippen LogP contribution in [0.1, 0.15) is 10.5 Å². The zero-order chi connectivity index (χ0) is 17.7. The van der Waals surface area contributed by atoms with Crippen LogP contribution < -0.4 is 4.90 Å². The molecule has 9 heteroatoms. The summed E-state index contributed by atoms with van der Waals surface area (Å²) < 4.78 is 1.24. The number of hydrogen-bond donors (Lipinski definition) is 1. The van der Waals surface area contributed by atoms with Crippen molar-refractivity contribution in [3.05, 3.63) is 42.2 Å². The van der Waals surface area contributed by atoms with Crippen molar-refractivity contribution in [2.75, 3.05) is 25.5 Å². The predicted octanol–water partition coefficient (Wildman–Crippen LogP) is 0.0977. The first-order chi connectivity index (χ1) is 11.4. The summed E-state index contributed by atoms with van der Waals surface area (Å²) in [4.78, 5) is 37.8. The van der Waals surface area contributed by atoms with Crippen LogP contribution in [0.15, 0.2) is 36.5 Å². The second kappa shape index (κ2) is 7.36. The number of benzene rings is 1. The fraction of sp³-hybridized carbons (Fsp3) is 0.267. The number of likely N-dealkylation sites (N-methyl/N-ethyl adjacent to an activating group) is 1. The lowest BCUT2D eigenvalue weighted by Crippen LogP contribution is -2.36. The normalized spacial score (nSPS) is 10.2. The maximum absolute atomic E-state index is 12.6. The van der Waals surface area contributed by atoms with Crippen LogP contribution in [0.5, 0.6) is 0 Å². The van der Waals surface area contributed by atoms with E-state index in [1.165, 1.54) is 15.8 Å². The van der Waals surface area contributed by atoms with E-state index in [0.717, 1.165) is 4.90 Å². The topological polar surface area (TPSA) is 109 Å². The number of nitrogens with zero attached hydrogens (tertiary/aromatic N) is 5.